The number of nitrogens with zero attached hydrogens (tertiary/aromatic N) is 2. The van der Waals surface area contributed by atoms with Crippen LogP contribution in [-0.2, 0) is 4.79 Å². The van der Waals surface area contributed by atoms with E-state index >= 15 is 0 Å². The number of hydrogen-bond donors (Lipinski definition) is 1. The maximum absolute atomic E-state index is 12.5. The molecule has 2 atom stereocenters. The van der Waals surface area contributed by atoms with Crippen LogP contribution in [0.3, 0.4) is 0 Å². The van der Waals surface area contributed by atoms with Crippen LogP contribution in [0, 0.1) is 24.7 Å². The zero-order valence-electron chi connectivity index (χ0n) is 14.2. The largest absolute Gasteiger partial charge is 0.339 e. The summed E-state index contributed by atoms with van der Waals surface area (Å²) < 4.78 is 0. The number of piperazine rings is 1. The Morgan fingerprint density at radius 2 is 1.79 bits per heavy atom. The number of amides is 3. The second-order valence-electron chi connectivity index (χ2n) is 7.46. The lowest BCUT2D eigenvalue weighted by molar-refractivity contribution is -0.134. The smallest absolute Gasteiger partial charge is 0.321 e. The molecule has 1 aromatic rings. The van der Waals surface area contributed by atoms with Crippen LogP contribution in [0.15, 0.2) is 24.3 Å². The summed E-state index contributed by atoms with van der Waals surface area (Å²) in [5.74, 6) is 2.11. The molecule has 3 amide bonds. The minimum atomic E-state index is -0.0741. The Labute approximate surface area is 143 Å². The maximum Gasteiger partial charge on any atom is 0.321 e. The molecule has 0 radical (unpaired) electrons. The molecule has 1 aromatic carbocycles. The molecule has 0 aromatic heterocycles. The van der Waals surface area contributed by atoms with Crippen molar-refractivity contribution in [1.29, 1.82) is 0 Å². The van der Waals surface area contributed by atoms with E-state index in [4.69, 9.17) is 0 Å². The van der Waals surface area contributed by atoms with E-state index in [1.54, 1.807) is 4.90 Å². The van der Waals surface area contributed by atoms with Gasteiger partial charge in [-0.15, -0.1) is 0 Å². The van der Waals surface area contributed by atoms with Crippen molar-refractivity contribution >= 4 is 17.6 Å². The Bertz CT molecular complexity index is 648. The number of aryl methyl sites for hydroxylation is 1. The molecule has 2 aliphatic carbocycles. The van der Waals surface area contributed by atoms with E-state index < -0.39 is 0 Å². The number of carbonyl (C=O) groups is 2. The summed E-state index contributed by atoms with van der Waals surface area (Å²) in [6.07, 6.45) is 3.74. The average Bonchev–Trinajstić information content (AvgIpc) is 3.47. The molecule has 5 nitrogen and oxygen atoms in total. The quantitative estimate of drug-likeness (QED) is 0.928. The summed E-state index contributed by atoms with van der Waals surface area (Å²) in [6, 6.07) is 7.73. The molecule has 5 heteroatoms. The van der Waals surface area contributed by atoms with Gasteiger partial charge in [0.05, 0.1) is 0 Å². The van der Waals surface area contributed by atoms with Gasteiger partial charge in [0.2, 0.25) is 5.91 Å². The van der Waals surface area contributed by atoms with Crippen LogP contribution in [0.25, 0.3) is 0 Å². The number of benzene rings is 1. The minimum absolute atomic E-state index is 0.0741. The summed E-state index contributed by atoms with van der Waals surface area (Å²) in [7, 11) is 0. The Balaban J connectivity index is 1.26. The number of carbonyl (C=O) groups excluding carboxylic acids is 2. The summed E-state index contributed by atoms with van der Waals surface area (Å²) in [6.45, 7) is 4.56. The van der Waals surface area contributed by atoms with Crippen molar-refractivity contribution in [2.75, 3.05) is 31.5 Å². The summed E-state index contributed by atoms with van der Waals surface area (Å²) in [5, 5.41) is 2.95. The van der Waals surface area contributed by atoms with Crippen molar-refractivity contribution in [3.8, 4) is 0 Å². The van der Waals surface area contributed by atoms with Gasteiger partial charge in [-0.3, -0.25) is 4.79 Å². The Hall–Kier alpha value is -2.04. The van der Waals surface area contributed by atoms with E-state index in [0.717, 1.165) is 23.6 Å². The zero-order valence-corrected chi connectivity index (χ0v) is 14.2. The van der Waals surface area contributed by atoms with E-state index in [1.165, 1.54) is 12.8 Å². The van der Waals surface area contributed by atoms with Gasteiger partial charge in [-0.1, -0.05) is 12.1 Å². The van der Waals surface area contributed by atoms with E-state index in [0.29, 0.717) is 38.0 Å². The van der Waals surface area contributed by atoms with E-state index in [-0.39, 0.29) is 11.9 Å². The molecule has 1 N–H and O–H groups in total. The molecule has 1 aliphatic heterocycles. The van der Waals surface area contributed by atoms with E-state index in [2.05, 4.69) is 5.32 Å². The van der Waals surface area contributed by atoms with Gasteiger partial charge in [-0.25, -0.2) is 4.79 Å². The molecule has 4 rings (SSSR count). The van der Waals surface area contributed by atoms with Gasteiger partial charge in [-0.05, 0) is 55.7 Å². The first-order chi connectivity index (χ1) is 11.6. The molecule has 1 heterocycles. The zero-order chi connectivity index (χ0) is 16.7. The lowest BCUT2D eigenvalue weighted by atomic mass is 10.2. The van der Waals surface area contributed by atoms with Crippen LogP contribution in [0.5, 0.6) is 0 Å². The fourth-order valence-corrected chi connectivity index (χ4v) is 3.83. The number of nitrogens with one attached hydrogen (secondary N) is 1. The van der Waals surface area contributed by atoms with Crippen LogP contribution in [0.2, 0.25) is 0 Å². The third kappa shape index (κ3) is 3.25. The molecule has 3 aliphatic rings. The predicted octanol–water partition coefficient (Wildman–Crippen LogP) is 2.72. The standard InChI is InChI=1S/C19H25N3O2/c1-13-3-2-4-15(11-13)20-19(24)22-9-7-21(8-10-22)18(23)17-12-16(17)14-5-6-14/h2-4,11,14,16-17H,5-10,12H2,1H3,(H,20,24). The Morgan fingerprint density at radius 3 is 2.46 bits per heavy atom. The molecule has 2 saturated carbocycles. The van der Waals surface area contributed by atoms with Crippen LogP contribution < -0.4 is 5.32 Å². The van der Waals surface area contributed by atoms with Crippen LogP contribution >= 0.6 is 0 Å². The monoisotopic (exact) mass is 327 g/mol. The van der Waals surface area contributed by atoms with Crippen molar-refractivity contribution in [1.82, 2.24) is 9.80 Å². The molecule has 0 bridgehead atoms. The molecule has 128 valence electrons. The second kappa shape index (κ2) is 6.11. The van der Waals surface area contributed by atoms with Gasteiger partial charge < -0.3 is 15.1 Å². The molecule has 24 heavy (non-hydrogen) atoms. The van der Waals surface area contributed by atoms with Crippen LogP contribution in [0.1, 0.15) is 24.8 Å². The molecule has 3 fully saturated rings. The first-order valence-electron chi connectivity index (χ1n) is 9.03. The highest BCUT2D eigenvalue weighted by molar-refractivity contribution is 5.89. The molecular weight excluding hydrogens is 302 g/mol. The molecule has 1 saturated heterocycles. The lowest BCUT2D eigenvalue weighted by Gasteiger charge is -2.35. The minimum Gasteiger partial charge on any atom is -0.339 e. The number of urea groups is 1. The normalized spacial score (nSPS) is 26.2. The first kappa shape index (κ1) is 15.5. The van der Waals surface area contributed by atoms with E-state index in [9.17, 15) is 9.59 Å². The lowest BCUT2D eigenvalue weighted by Crippen LogP contribution is -2.52. The molecular formula is C19H25N3O2. The third-order valence-electron chi connectivity index (χ3n) is 5.53. The number of rotatable bonds is 3. The Kier molecular flexibility index (Phi) is 3.94. The van der Waals surface area contributed by atoms with Crippen molar-refractivity contribution in [3.63, 3.8) is 0 Å². The summed E-state index contributed by atoms with van der Waals surface area (Å²) in [5.41, 5.74) is 1.95. The van der Waals surface area contributed by atoms with Gasteiger partial charge in [0.15, 0.2) is 0 Å². The predicted molar refractivity (Wildman–Crippen MR) is 92.7 cm³/mol. The highest BCUT2D eigenvalue weighted by atomic mass is 16.2. The van der Waals surface area contributed by atoms with Gasteiger partial charge >= 0.3 is 6.03 Å². The number of hydrogen-bond acceptors (Lipinski definition) is 2. The van der Waals surface area contributed by atoms with Crippen molar-refractivity contribution < 1.29 is 9.59 Å². The third-order valence-corrected chi connectivity index (χ3v) is 5.53. The maximum atomic E-state index is 12.5. The SMILES string of the molecule is Cc1cccc(NC(=O)N2CCN(C(=O)C3CC3C3CC3)CC2)c1. The molecule has 0 spiro atoms. The van der Waals surface area contributed by atoms with Crippen molar-refractivity contribution in [2.24, 2.45) is 17.8 Å². The fourth-order valence-electron chi connectivity index (χ4n) is 3.83. The first-order valence-corrected chi connectivity index (χ1v) is 9.03. The summed E-state index contributed by atoms with van der Waals surface area (Å²) in [4.78, 5) is 28.6. The van der Waals surface area contributed by atoms with E-state index in [1.807, 2.05) is 36.1 Å². The van der Waals surface area contributed by atoms with Crippen molar-refractivity contribution in [2.45, 2.75) is 26.2 Å². The second-order valence-corrected chi connectivity index (χ2v) is 7.46. The highest BCUT2D eigenvalue weighted by Gasteiger charge is 2.52. The molecule has 2 unspecified atom stereocenters. The Morgan fingerprint density at radius 1 is 1.08 bits per heavy atom. The summed E-state index contributed by atoms with van der Waals surface area (Å²) >= 11 is 0. The van der Waals surface area contributed by atoms with Crippen LogP contribution in [0.4, 0.5) is 10.5 Å². The van der Waals surface area contributed by atoms with Crippen molar-refractivity contribution in [3.05, 3.63) is 29.8 Å². The van der Waals surface area contributed by atoms with Gasteiger partial charge in [0, 0.05) is 37.8 Å². The highest BCUT2D eigenvalue weighted by Crippen LogP contribution is 2.54. The number of anilines is 1. The van der Waals surface area contributed by atoms with Gasteiger partial charge in [-0.2, -0.15) is 0 Å². The fraction of sp³-hybridized carbons (Fsp3) is 0.579. The van der Waals surface area contributed by atoms with Crippen LogP contribution in [-0.4, -0.2) is 47.9 Å². The average molecular weight is 327 g/mol. The van der Waals surface area contributed by atoms with Gasteiger partial charge in [0.25, 0.3) is 0 Å². The topological polar surface area (TPSA) is 52.7 Å². The van der Waals surface area contributed by atoms with Gasteiger partial charge in [0.1, 0.15) is 0 Å².